The van der Waals surface area contributed by atoms with E-state index in [1.165, 1.54) is 97.7 Å². The highest BCUT2D eigenvalue weighted by atomic mass is 32.1. The van der Waals surface area contributed by atoms with Crippen molar-refractivity contribution >= 4 is 59.3 Å². The topological polar surface area (TPSA) is 3.24 Å². The maximum absolute atomic E-state index is 2.46. The van der Waals surface area contributed by atoms with Gasteiger partial charge in [0.25, 0.3) is 0 Å². The molecule has 0 radical (unpaired) electrons. The van der Waals surface area contributed by atoms with E-state index in [2.05, 4.69) is 266 Å². The SMILES string of the molecule is c1ccc(-c2ccc(N(c3ccc(-c4ccc5c(c4)C(c4ccccc4)(c4ccccc4)c4ccccc4-5)cc3)c3ccc(-c4cccc5ccccc45)cc3)c3c2sc2ccccc23)cc1. The molecule has 67 heavy (non-hydrogen) atoms. The Morgan fingerprint density at radius 1 is 0.328 bits per heavy atom. The number of hydrogen-bond donors (Lipinski definition) is 0. The van der Waals surface area contributed by atoms with Crippen LogP contribution in [0.4, 0.5) is 17.1 Å². The van der Waals surface area contributed by atoms with E-state index in [0.29, 0.717) is 0 Å². The lowest BCUT2D eigenvalue weighted by molar-refractivity contribution is 0.769. The molecule has 0 saturated carbocycles. The van der Waals surface area contributed by atoms with Crippen LogP contribution in [0.2, 0.25) is 0 Å². The molecule has 0 fully saturated rings. The molecule has 1 heterocycles. The molecule has 0 N–H and O–H groups in total. The van der Waals surface area contributed by atoms with Crippen LogP contribution in [0, 0.1) is 0 Å². The zero-order chi connectivity index (χ0) is 44.3. The Kier molecular flexibility index (Phi) is 9.33. The minimum Gasteiger partial charge on any atom is -0.310 e. The number of thiophene rings is 1. The molecule has 0 spiro atoms. The van der Waals surface area contributed by atoms with Gasteiger partial charge >= 0.3 is 0 Å². The first kappa shape index (κ1) is 39.1. The summed E-state index contributed by atoms with van der Waals surface area (Å²) in [4.78, 5) is 2.46. The molecular weight excluding hydrogens is 827 g/mol. The standard InChI is InChI=1S/C65H43NS/c1-4-17-46(18-5-1)55-41-42-61(63-58-27-13-15-30-62(58)67-64(55)63)66(52-38-33-47(34-39-52)54-28-16-20-45-19-10-11-25-53(45)54)51-36-31-44(32-37-51)48-35-40-57-56-26-12-14-29-59(56)65(60(57)43-48,49-21-6-2-7-22-49)50-23-8-3-9-24-50/h1-43H. The van der Waals surface area contributed by atoms with Crippen LogP contribution in [0.5, 0.6) is 0 Å². The van der Waals surface area contributed by atoms with E-state index in [4.69, 9.17) is 0 Å². The van der Waals surface area contributed by atoms with Crippen molar-refractivity contribution in [3.8, 4) is 44.5 Å². The Bertz CT molecular complexity index is 3730. The zero-order valence-electron chi connectivity index (χ0n) is 36.7. The van der Waals surface area contributed by atoms with Crippen molar-refractivity contribution in [2.24, 2.45) is 0 Å². The van der Waals surface area contributed by atoms with Gasteiger partial charge in [0.2, 0.25) is 0 Å². The summed E-state index contributed by atoms with van der Waals surface area (Å²) in [6, 6.07) is 96.2. The zero-order valence-corrected chi connectivity index (χ0v) is 37.5. The van der Waals surface area contributed by atoms with Gasteiger partial charge in [0.05, 0.1) is 11.1 Å². The molecule has 1 aliphatic carbocycles. The number of rotatable bonds is 8. The average Bonchev–Trinajstić information content (AvgIpc) is 3.94. The smallest absolute Gasteiger partial charge is 0.0713 e. The highest BCUT2D eigenvalue weighted by Crippen LogP contribution is 2.57. The summed E-state index contributed by atoms with van der Waals surface area (Å²) in [7, 11) is 0. The molecule has 0 amide bonds. The van der Waals surface area contributed by atoms with E-state index in [1.807, 2.05) is 11.3 Å². The first-order chi connectivity index (χ1) is 33.2. The molecule has 12 aromatic rings. The Hall–Kier alpha value is -8.30. The van der Waals surface area contributed by atoms with Crippen molar-refractivity contribution < 1.29 is 0 Å². The number of benzene rings is 11. The highest BCUT2D eigenvalue weighted by Gasteiger charge is 2.46. The number of hydrogen-bond acceptors (Lipinski definition) is 2. The van der Waals surface area contributed by atoms with Crippen LogP contribution in [-0.4, -0.2) is 0 Å². The van der Waals surface area contributed by atoms with Gasteiger partial charge < -0.3 is 4.90 Å². The fourth-order valence-electron chi connectivity index (χ4n) is 11.0. The first-order valence-corrected chi connectivity index (χ1v) is 23.9. The van der Waals surface area contributed by atoms with Crippen molar-refractivity contribution in [1.82, 2.24) is 0 Å². The predicted octanol–water partition coefficient (Wildman–Crippen LogP) is 18.0. The molecule has 0 saturated heterocycles. The Labute approximate surface area is 395 Å². The van der Waals surface area contributed by atoms with Crippen LogP contribution in [0.15, 0.2) is 261 Å². The van der Waals surface area contributed by atoms with Crippen LogP contribution in [0.1, 0.15) is 22.3 Å². The third-order valence-electron chi connectivity index (χ3n) is 14.0. The molecule has 0 bridgehead atoms. The minimum atomic E-state index is -0.458. The van der Waals surface area contributed by atoms with Gasteiger partial charge in [-0.2, -0.15) is 0 Å². The average molecular weight is 870 g/mol. The van der Waals surface area contributed by atoms with Crippen molar-refractivity contribution in [2.75, 3.05) is 4.90 Å². The summed E-state index contributed by atoms with van der Waals surface area (Å²) in [6.45, 7) is 0. The molecular formula is C65H43NS. The summed E-state index contributed by atoms with van der Waals surface area (Å²) < 4.78 is 2.57. The molecule has 1 aliphatic rings. The first-order valence-electron chi connectivity index (χ1n) is 23.1. The predicted molar refractivity (Wildman–Crippen MR) is 285 cm³/mol. The number of fused-ring (bicyclic) bond motifs is 7. The lowest BCUT2D eigenvalue weighted by Gasteiger charge is -2.34. The van der Waals surface area contributed by atoms with Crippen molar-refractivity contribution in [1.29, 1.82) is 0 Å². The maximum atomic E-state index is 2.46. The second-order valence-electron chi connectivity index (χ2n) is 17.5. The molecule has 0 atom stereocenters. The molecule has 1 nitrogen and oxygen atoms in total. The van der Waals surface area contributed by atoms with E-state index >= 15 is 0 Å². The van der Waals surface area contributed by atoms with Gasteiger partial charge in [0, 0.05) is 31.5 Å². The van der Waals surface area contributed by atoms with Crippen LogP contribution in [0.3, 0.4) is 0 Å². The number of anilines is 3. The van der Waals surface area contributed by atoms with Gasteiger partial charge in [-0.3, -0.25) is 0 Å². The molecule has 0 unspecified atom stereocenters. The van der Waals surface area contributed by atoms with Gasteiger partial charge in [-0.1, -0.05) is 218 Å². The fourth-order valence-corrected chi connectivity index (χ4v) is 12.2. The fraction of sp³-hybridized carbons (Fsp3) is 0.0154. The quantitative estimate of drug-likeness (QED) is 0.147. The third kappa shape index (κ3) is 6.29. The minimum absolute atomic E-state index is 0.458. The van der Waals surface area contributed by atoms with Crippen LogP contribution >= 0.6 is 11.3 Å². The summed E-state index contributed by atoms with van der Waals surface area (Å²) >= 11 is 1.88. The highest BCUT2D eigenvalue weighted by molar-refractivity contribution is 7.26. The van der Waals surface area contributed by atoms with E-state index in [-0.39, 0.29) is 0 Å². The normalized spacial score (nSPS) is 12.6. The molecule has 13 rings (SSSR count). The van der Waals surface area contributed by atoms with Crippen LogP contribution in [-0.2, 0) is 5.41 Å². The Balaban J connectivity index is 0.978. The van der Waals surface area contributed by atoms with Crippen molar-refractivity contribution in [3.05, 3.63) is 283 Å². The Morgan fingerprint density at radius 2 is 0.851 bits per heavy atom. The summed E-state index contributed by atoms with van der Waals surface area (Å²) in [5, 5.41) is 5.03. The van der Waals surface area contributed by atoms with Gasteiger partial charge in [0.15, 0.2) is 0 Å². The molecule has 0 aliphatic heterocycles. The van der Waals surface area contributed by atoms with E-state index in [1.54, 1.807) is 0 Å². The van der Waals surface area contributed by atoms with Crippen molar-refractivity contribution in [2.45, 2.75) is 5.41 Å². The van der Waals surface area contributed by atoms with E-state index in [9.17, 15) is 0 Å². The van der Waals surface area contributed by atoms with Gasteiger partial charge in [-0.15, -0.1) is 11.3 Å². The number of nitrogens with zero attached hydrogens (tertiary/aromatic N) is 1. The monoisotopic (exact) mass is 869 g/mol. The molecule has 2 heteroatoms. The van der Waals surface area contributed by atoms with E-state index < -0.39 is 5.41 Å². The maximum Gasteiger partial charge on any atom is 0.0713 e. The molecule has 1 aromatic heterocycles. The van der Waals surface area contributed by atoms with Gasteiger partial charge in [0.1, 0.15) is 0 Å². The second-order valence-corrected chi connectivity index (χ2v) is 18.6. The largest absolute Gasteiger partial charge is 0.310 e. The van der Waals surface area contributed by atoms with Gasteiger partial charge in [-0.05, 0) is 120 Å². The lowest BCUT2D eigenvalue weighted by atomic mass is 9.67. The second kappa shape index (κ2) is 16.0. The molecule has 11 aromatic carbocycles. The van der Waals surface area contributed by atoms with Crippen LogP contribution < -0.4 is 4.90 Å². The Morgan fingerprint density at radius 3 is 1.58 bits per heavy atom. The van der Waals surface area contributed by atoms with Crippen LogP contribution in [0.25, 0.3) is 75.5 Å². The molecule has 314 valence electrons. The lowest BCUT2D eigenvalue weighted by Crippen LogP contribution is -2.28. The summed E-state index contributed by atoms with van der Waals surface area (Å²) in [5.41, 5.74) is 17.9. The summed E-state index contributed by atoms with van der Waals surface area (Å²) in [5.74, 6) is 0. The van der Waals surface area contributed by atoms with Crippen molar-refractivity contribution in [3.63, 3.8) is 0 Å². The summed E-state index contributed by atoms with van der Waals surface area (Å²) in [6.07, 6.45) is 0. The third-order valence-corrected chi connectivity index (χ3v) is 15.2. The van der Waals surface area contributed by atoms with E-state index in [0.717, 1.165) is 17.1 Å². The van der Waals surface area contributed by atoms with Gasteiger partial charge in [-0.25, -0.2) is 0 Å².